The van der Waals surface area contributed by atoms with Gasteiger partial charge in [-0.15, -0.1) is 0 Å². The highest BCUT2D eigenvalue weighted by Gasteiger charge is 2.30. The molecule has 180 valence electrons. The minimum Gasteiger partial charge on any atom is -0.346 e. The zero-order valence-electron chi connectivity index (χ0n) is 18.0. The first-order valence-corrected chi connectivity index (χ1v) is 11.4. The van der Waals surface area contributed by atoms with Gasteiger partial charge in [0.2, 0.25) is 0 Å². The van der Waals surface area contributed by atoms with E-state index in [1.807, 2.05) is 4.90 Å². The molecule has 3 aromatic rings. The van der Waals surface area contributed by atoms with Crippen molar-refractivity contribution in [2.45, 2.75) is 19.3 Å². The number of aromatic nitrogens is 2. The van der Waals surface area contributed by atoms with E-state index in [0.29, 0.717) is 59.8 Å². The summed E-state index contributed by atoms with van der Waals surface area (Å²) in [6, 6.07) is 11.7. The van der Waals surface area contributed by atoms with Crippen molar-refractivity contribution in [1.29, 1.82) is 0 Å². The smallest absolute Gasteiger partial charge is 0.346 e. The van der Waals surface area contributed by atoms with Gasteiger partial charge in [0.15, 0.2) is 10.9 Å². The average molecular weight is 512 g/mol. The summed E-state index contributed by atoms with van der Waals surface area (Å²) in [6.45, 7) is 3.23. The largest absolute Gasteiger partial charge is 0.416 e. The highest BCUT2D eigenvalue weighted by molar-refractivity contribution is 7.80. The maximum absolute atomic E-state index is 14.0. The first kappa shape index (κ1) is 24.4. The maximum atomic E-state index is 14.0. The van der Waals surface area contributed by atoms with Crippen LogP contribution in [-0.4, -0.2) is 50.9 Å². The molecule has 1 N–H and O–H groups in total. The summed E-state index contributed by atoms with van der Waals surface area (Å²) in [5.74, 6) is 0.139. The Morgan fingerprint density at radius 2 is 1.76 bits per heavy atom. The third-order valence-corrected chi connectivity index (χ3v) is 6.29. The van der Waals surface area contributed by atoms with Gasteiger partial charge in [0.05, 0.1) is 12.1 Å². The number of thiocarbonyl (C=S) groups is 1. The zero-order valence-corrected chi connectivity index (χ0v) is 19.6. The van der Waals surface area contributed by atoms with Crippen molar-refractivity contribution in [3.8, 4) is 0 Å². The molecule has 5 nitrogen and oxygen atoms in total. The molecule has 0 unspecified atom stereocenters. The summed E-state index contributed by atoms with van der Waals surface area (Å²) in [7, 11) is 0. The number of hydrogen-bond acceptors (Lipinski definition) is 3. The van der Waals surface area contributed by atoms with Crippen LogP contribution in [-0.2, 0) is 19.3 Å². The number of halogens is 5. The van der Waals surface area contributed by atoms with Crippen LogP contribution >= 0.6 is 23.8 Å². The highest BCUT2D eigenvalue weighted by Crippen LogP contribution is 2.30. The first-order chi connectivity index (χ1) is 16.2. The minimum atomic E-state index is -4.35. The number of rotatable bonds is 5. The Bertz CT molecular complexity index is 1140. The van der Waals surface area contributed by atoms with Crippen LogP contribution in [0.25, 0.3) is 0 Å². The lowest BCUT2D eigenvalue weighted by atomic mass is 10.1. The van der Waals surface area contributed by atoms with Crippen LogP contribution in [0, 0.1) is 5.82 Å². The second-order valence-electron chi connectivity index (χ2n) is 7.99. The van der Waals surface area contributed by atoms with Gasteiger partial charge >= 0.3 is 6.18 Å². The first-order valence-electron chi connectivity index (χ1n) is 10.6. The predicted molar refractivity (Wildman–Crippen MR) is 127 cm³/mol. The molecule has 0 aliphatic carbocycles. The van der Waals surface area contributed by atoms with Crippen molar-refractivity contribution in [2.24, 2.45) is 0 Å². The van der Waals surface area contributed by atoms with E-state index in [9.17, 15) is 17.6 Å². The Balaban J connectivity index is 1.28. The topological polar surface area (TPSA) is 36.3 Å². The fourth-order valence-corrected chi connectivity index (χ4v) is 4.27. The van der Waals surface area contributed by atoms with Gasteiger partial charge in [-0.25, -0.2) is 4.39 Å². The van der Waals surface area contributed by atoms with Gasteiger partial charge in [0.25, 0.3) is 0 Å². The number of nitrogens with zero attached hydrogens (tertiary/aromatic N) is 4. The number of anilines is 1. The third kappa shape index (κ3) is 6.05. The Morgan fingerprint density at radius 1 is 1.03 bits per heavy atom. The molecule has 1 fully saturated rings. The standard InChI is InChI=1S/C23H22ClF4N5S/c24-19-5-2-6-20(25)18(19)15-33-8-7-21(30-33)29-22(34)32-11-9-31(10-12-32)14-16-3-1-4-17(13-16)23(26,27)28/h1-8,13H,9-12,14-15H2,(H,29,30,34). The summed E-state index contributed by atoms with van der Waals surface area (Å²) in [5.41, 5.74) is 0.355. The predicted octanol–water partition coefficient (Wildman–Crippen LogP) is 5.26. The molecular weight excluding hydrogens is 490 g/mol. The lowest BCUT2D eigenvalue weighted by Crippen LogP contribution is -2.49. The molecule has 2 heterocycles. The molecule has 1 saturated heterocycles. The molecule has 1 aliphatic heterocycles. The molecule has 0 atom stereocenters. The quantitative estimate of drug-likeness (QED) is 0.374. The number of piperazine rings is 1. The molecule has 34 heavy (non-hydrogen) atoms. The van der Waals surface area contributed by atoms with Crippen LogP contribution in [0.2, 0.25) is 5.02 Å². The van der Waals surface area contributed by atoms with Crippen LogP contribution < -0.4 is 5.32 Å². The van der Waals surface area contributed by atoms with Gasteiger partial charge in [-0.05, 0) is 36.0 Å². The lowest BCUT2D eigenvalue weighted by Gasteiger charge is -2.36. The van der Waals surface area contributed by atoms with E-state index in [2.05, 4.69) is 15.3 Å². The van der Waals surface area contributed by atoms with E-state index >= 15 is 0 Å². The minimum absolute atomic E-state index is 0.189. The van der Waals surface area contributed by atoms with E-state index in [1.54, 1.807) is 35.1 Å². The molecule has 0 saturated carbocycles. The van der Waals surface area contributed by atoms with Crippen LogP contribution in [0.1, 0.15) is 16.7 Å². The van der Waals surface area contributed by atoms with Crippen LogP contribution in [0.4, 0.5) is 23.4 Å². The maximum Gasteiger partial charge on any atom is 0.416 e. The summed E-state index contributed by atoms with van der Waals surface area (Å²) >= 11 is 11.6. The van der Waals surface area contributed by atoms with E-state index in [-0.39, 0.29) is 6.54 Å². The van der Waals surface area contributed by atoms with Crippen LogP contribution in [0.5, 0.6) is 0 Å². The van der Waals surface area contributed by atoms with Crippen molar-refractivity contribution in [3.63, 3.8) is 0 Å². The van der Waals surface area contributed by atoms with Gasteiger partial charge in [-0.3, -0.25) is 9.58 Å². The van der Waals surface area contributed by atoms with E-state index in [0.717, 1.165) is 6.07 Å². The van der Waals surface area contributed by atoms with E-state index in [4.69, 9.17) is 23.8 Å². The zero-order chi connectivity index (χ0) is 24.3. The van der Waals surface area contributed by atoms with Crippen molar-refractivity contribution in [2.75, 3.05) is 31.5 Å². The Labute approximate surface area is 204 Å². The Morgan fingerprint density at radius 3 is 2.47 bits per heavy atom. The van der Waals surface area contributed by atoms with Gasteiger partial charge in [0.1, 0.15) is 5.82 Å². The van der Waals surface area contributed by atoms with Crippen molar-refractivity contribution in [3.05, 3.63) is 82.3 Å². The molecule has 2 aromatic carbocycles. The monoisotopic (exact) mass is 511 g/mol. The second kappa shape index (κ2) is 10.3. The molecule has 1 aromatic heterocycles. The highest BCUT2D eigenvalue weighted by atomic mass is 35.5. The van der Waals surface area contributed by atoms with Crippen LogP contribution in [0.15, 0.2) is 54.7 Å². The summed E-state index contributed by atoms with van der Waals surface area (Å²) < 4.78 is 54.4. The van der Waals surface area contributed by atoms with Crippen LogP contribution in [0.3, 0.4) is 0 Å². The number of alkyl halides is 3. The molecule has 11 heteroatoms. The molecule has 0 radical (unpaired) electrons. The summed E-state index contributed by atoms with van der Waals surface area (Å²) in [6.07, 6.45) is -2.64. The molecule has 4 rings (SSSR count). The molecule has 1 aliphatic rings. The number of nitrogens with one attached hydrogen (secondary N) is 1. The van der Waals surface area contributed by atoms with Crippen molar-refractivity contribution in [1.82, 2.24) is 19.6 Å². The van der Waals surface area contributed by atoms with Crippen molar-refractivity contribution >= 4 is 34.7 Å². The van der Waals surface area contributed by atoms with E-state index in [1.165, 1.54) is 18.2 Å². The molecule has 0 bridgehead atoms. The Hall–Kier alpha value is -2.69. The van der Waals surface area contributed by atoms with Gasteiger partial charge in [-0.2, -0.15) is 18.3 Å². The van der Waals surface area contributed by atoms with Gasteiger partial charge in [-0.1, -0.05) is 35.9 Å². The Kier molecular flexibility index (Phi) is 7.39. The molecular formula is C23H22ClF4N5S. The summed E-state index contributed by atoms with van der Waals surface area (Å²) in [5, 5.41) is 8.32. The number of benzene rings is 2. The molecule has 0 amide bonds. The SMILES string of the molecule is Fc1cccc(Cl)c1Cn1ccc(NC(=S)N2CCN(Cc3cccc(C(F)(F)F)c3)CC2)n1. The normalized spacial score (nSPS) is 14.9. The molecule has 0 spiro atoms. The summed E-state index contributed by atoms with van der Waals surface area (Å²) in [4.78, 5) is 4.09. The van der Waals surface area contributed by atoms with Gasteiger partial charge in [0, 0.05) is 55.6 Å². The van der Waals surface area contributed by atoms with Crippen molar-refractivity contribution < 1.29 is 17.6 Å². The number of hydrogen-bond donors (Lipinski definition) is 1. The second-order valence-corrected chi connectivity index (χ2v) is 8.78. The van der Waals surface area contributed by atoms with E-state index < -0.39 is 17.6 Å². The fraction of sp³-hybridized carbons (Fsp3) is 0.304. The fourth-order valence-electron chi connectivity index (χ4n) is 3.76. The third-order valence-electron chi connectivity index (χ3n) is 5.58. The lowest BCUT2D eigenvalue weighted by molar-refractivity contribution is -0.137. The van der Waals surface area contributed by atoms with Gasteiger partial charge < -0.3 is 10.2 Å². The average Bonchev–Trinajstić information content (AvgIpc) is 3.23.